The fourth-order valence-corrected chi connectivity index (χ4v) is 6.41. The summed E-state index contributed by atoms with van der Waals surface area (Å²) in [4.78, 5) is 42.5. The zero-order valence-corrected chi connectivity index (χ0v) is 20.3. The number of benzene rings is 1. The molecule has 184 valence electrons. The summed E-state index contributed by atoms with van der Waals surface area (Å²) < 4.78 is 7.44. The standard InChI is InChI=1S/C24H28N6O4S/c31-20(25-23-26-27-24-30(23)10-12-35-24)14-29-9-5-18(22(29)33)28-7-3-15(4-8-28)21(32)17-1-2-19-16(13-17)6-11-34-19/h1-2,13,15,18H,3-12,14H2,(H,25,26,31). The Morgan fingerprint density at radius 2 is 1.97 bits per heavy atom. The molecule has 0 saturated carbocycles. The number of amides is 2. The molecule has 4 aliphatic rings. The molecule has 1 N–H and O–H groups in total. The van der Waals surface area contributed by atoms with Gasteiger partial charge in [0.1, 0.15) is 5.75 Å². The molecule has 35 heavy (non-hydrogen) atoms. The van der Waals surface area contributed by atoms with Crippen molar-refractivity contribution in [2.75, 3.05) is 43.9 Å². The first kappa shape index (κ1) is 22.5. The van der Waals surface area contributed by atoms with Crippen LogP contribution in [0.5, 0.6) is 5.75 Å². The van der Waals surface area contributed by atoms with Crippen LogP contribution in [0, 0.1) is 5.92 Å². The Kier molecular flexibility index (Phi) is 5.97. The lowest BCUT2D eigenvalue weighted by Crippen LogP contribution is -2.47. The first-order chi connectivity index (χ1) is 17.1. The Morgan fingerprint density at radius 3 is 2.83 bits per heavy atom. The Bertz CT molecular complexity index is 1170. The van der Waals surface area contributed by atoms with Gasteiger partial charge in [-0.25, -0.2) is 0 Å². The number of fused-ring (bicyclic) bond motifs is 2. The highest BCUT2D eigenvalue weighted by atomic mass is 32.2. The van der Waals surface area contributed by atoms with Crippen molar-refractivity contribution in [3.05, 3.63) is 29.3 Å². The Hall–Kier alpha value is -2.92. The van der Waals surface area contributed by atoms with Crippen molar-refractivity contribution in [2.24, 2.45) is 5.92 Å². The second-order valence-electron chi connectivity index (χ2n) is 9.51. The number of carbonyl (C=O) groups excluding carboxylic acids is 3. The molecule has 0 radical (unpaired) electrons. The van der Waals surface area contributed by atoms with E-state index in [0.717, 1.165) is 53.6 Å². The summed E-state index contributed by atoms with van der Waals surface area (Å²) in [5, 5.41) is 11.7. The molecule has 6 rings (SSSR count). The van der Waals surface area contributed by atoms with E-state index < -0.39 is 0 Å². The van der Waals surface area contributed by atoms with E-state index >= 15 is 0 Å². The number of rotatable bonds is 6. The smallest absolute Gasteiger partial charge is 0.246 e. The van der Waals surface area contributed by atoms with Gasteiger partial charge < -0.3 is 9.64 Å². The lowest BCUT2D eigenvalue weighted by atomic mass is 9.87. The number of hydrogen-bond acceptors (Lipinski definition) is 8. The van der Waals surface area contributed by atoms with E-state index in [2.05, 4.69) is 20.4 Å². The van der Waals surface area contributed by atoms with Gasteiger partial charge in [-0.2, -0.15) is 0 Å². The molecule has 10 nitrogen and oxygen atoms in total. The van der Waals surface area contributed by atoms with Crippen LogP contribution >= 0.6 is 11.8 Å². The molecular weight excluding hydrogens is 468 g/mol. The molecule has 2 fully saturated rings. The molecule has 2 saturated heterocycles. The first-order valence-corrected chi connectivity index (χ1v) is 13.2. The first-order valence-electron chi connectivity index (χ1n) is 12.3. The normalized spacial score (nSPS) is 22.2. The Balaban J connectivity index is 1.01. The molecule has 2 aromatic rings. The van der Waals surface area contributed by atoms with Gasteiger partial charge >= 0.3 is 0 Å². The maximum Gasteiger partial charge on any atom is 0.246 e. The number of anilines is 1. The monoisotopic (exact) mass is 496 g/mol. The number of likely N-dealkylation sites (tertiary alicyclic amines) is 2. The molecule has 2 amide bonds. The van der Waals surface area contributed by atoms with E-state index in [1.807, 2.05) is 22.8 Å². The van der Waals surface area contributed by atoms with Crippen LogP contribution in [-0.2, 0) is 22.6 Å². The highest BCUT2D eigenvalue weighted by molar-refractivity contribution is 7.99. The van der Waals surface area contributed by atoms with Crippen molar-refractivity contribution in [3.63, 3.8) is 0 Å². The van der Waals surface area contributed by atoms with Crippen LogP contribution in [0.25, 0.3) is 0 Å². The van der Waals surface area contributed by atoms with Crippen molar-refractivity contribution in [1.29, 1.82) is 0 Å². The molecule has 0 spiro atoms. The van der Waals surface area contributed by atoms with E-state index in [9.17, 15) is 14.4 Å². The lowest BCUT2D eigenvalue weighted by molar-refractivity contribution is -0.135. The number of aromatic nitrogens is 3. The summed E-state index contributed by atoms with van der Waals surface area (Å²) in [7, 11) is 0. The topological polar surface area (TPSA) is 110 Å². The summed E-state index contributed by atoms with van der Waals surface area (Å²) in [6, 6.07) is 5.54. The minimum Gasteiger partial charge on any atom is -0.493 e. The number of carbonyl (C=O) groups is 3. The minimum atomic E-state index is -0.254. The van der Waals surface area contributed by atoms with Crippen molar-refractivity contribution < 1.29 is 19.1 Å². The number of piperidine rings is 1. The summed E-state index contributed by atoms with van der Waals surface area (Å²) in [6.07, 6.45) is 3.04. The van der Waals surface area contributed by atoms with Gasteiger partial charge in [-0.3, -0.25) is 29.2 Å². The van der Waals surface area contributed by atoms with Gasteiger partial charge in [-0.05, 0) is 56.1 Å². The second-order valence-corrected chi connectivity index (χ2v) is 10.6. The molecule has 1 unspecified atom stereocenters. The van der Waals surface area contributed by atoms with E-state index in [1.54, 1.807) is 16.7 Å². The van der Waals surface area contributed by atoms with E-state index in [4.69, 9.17) is 4.74 Å². The van der Waals surface area contributed by atoms with E-state index in [-0.39, 0.29) is 36.1 Å². The third-order valence-corrected chi connectivity index (χ3v) is 8.38. The molecule has 4 aliphatic heterocycles. The number of ether oxygens (including phenoxy) is 1. The molecule has 1 aromatic heterocycles. The summed E-state index contributed by atoms with van der Waals surface area (Å²) in [5.41, 5.74) is 1.87. The highest BCUT2D eigenvalue weighted by Gasteiger charge is 2.39. The zero-order chi connectivity index (χ0) is 23.9. The maximum absolute atomic E-state index is 13.1. The van der Waals surface area contributed by atoms with E-state index in [1.165, 1.54) is 0 Å². The largest absolute Gasteiger partial charge is 0.493 e. The van der Waals surface area contributed by atoms with Crippen LogP contribution in [0.3, 0.4) is 0 Å². The van der Waals surface area contributed by atoms with Crippen molar-refractivity contribution in [2.45, 2.75) is 43.4 Å². The van der Waals surface area contributed by atoms with Gasteiger partial charge in [-0.15, -0.1) is 10.2 Å². The van der Waals surface area contributed by atoms with Crippen molar-refractivity contribution in [3.8, 4) is 5.75 Å². The lowest BCUT2D eigenvalue weighted by Gasteiger charge is -2.34. The van der Waals surface area contributed by atoms with Crippen LogP contribution in [0.4, 0.5) is 5.95 Å². The van der Waals surface area contributed by atoms with Crippen molar-refractivity contribution >= 4 is 35.3 Å². The number of nitrogens with one attached hydrogen (secondary N) is 1. The van der Waals surface area contributed by atoms with Gasteiger partial charge in [0.25, 0.3) is 0 Å². The molecule has 5 heterocycles. The van der Waals surface area contributed by atoms with Gasteiger partial charge in [0.15, 0.2) is 10.9 Å². The van der Waals surface area contributed by atoms with Crippen LogP contribution in [0.2, 0.25) is 0 Å². The quantitative estimate of drug-likeness (QED) is 0.599. The summed E-state index contributed by atoms with van der Waals surface area (Å²) >= 11 is 1.61. The van der Waals surface area contributed by atoms with Gasteiger partial charge in [0.2, 0.25) is 17.8 Å². The van der Waals surface area contributed by atoms with Crippen LogP contribution in [-0.4, -0.2) is 86.7 Å². The number of ketones is 1. The average Bonchev–Trinajstić information content (AvgIpc) is 3.65. The summed E-state index contributed by atoms with van der Waals surface area (Å²) in [5.74, 6) is 2.16. The molecule has 0 bridgehead atoms. The zero-order valence-electron chi connectivity index (χ0n) is 19.4. The molecule has 1 atom stereocenters. The summed E-state index contributed by atoms with van der Waals surface area (Å²) in [6.45, 7) is 3.45. The predicted octanol–water partition coefficient (Wildman–Crippen LogP) is 1.45. The predicted molar refractivity (Wildman–Crippen MR) is 129 cm³/mol. The number of hydrogen-bond donors (Lipinski definition) is 1. The maximum atomic E-state index is 13.1. The second kappa shape index (κ2) is 9.27. The molecular formula is C24H28N6O4S. The van der Waals surface area contributed by atoms with Crippen LogP contribution in [0.1, 0.15) is 35.2 Å². The van der Waals surface area contributed by atoms with Crippen LogP contribution in [0.15, 0.2) is 23.4 Å². The highest BCUT2D eigenvalue weighted by Crippen LogP contribution is 2.30. The minimum absolute atomic E-state index is 0.00873. The fourth-order valence-electron chi connectivity index (χ4n) is 5.52. The molecule has 1 aromatic carbocycles. The number of thioether (sulfide) groups is 1. The fraction of sp³-hybridized carbons (Fsp3) is 0.542. The third-order valence-electron chi connectivity index (χ3n) is 7.43. The van der Waals surface area contributed by atoms with Gasteiger partial charge in [0, 0.05) is 36.7 Å². The molecule has 0 aliphatic carbocycles. The Labute approximate surface area is 207 Å². The van der Waals surface area contributed by atoms with Gasteiger partial charge in [-0.1, -0.05) is 11.8 Å². The van der Waals surface area contributed by atoms with Crippen LogP contribution < -0.4 is 10.1 Å². The number of nitrogens with zero attached hydrogens (tertiary/aromatic N) is 5. The van der Waals surface area contributed by atoms with E-state index in [0.29, 0.717) is 38.6 Å². The number of Topliss-reactive ketones (excluding diaryl/α,β-unsaturated/α-hetero) is 1. The molecule has 11 heteroatoms. The van der Waals surface area contributed by atoms with Gasteiger partial charge in [0.05, 0.1) is 19.2 Å². The Morgan fingerprint density at radius 1 is 1.11 bits per heavy atom. The SMILES string of the molecule is O=C(CN1CCC(N2CCC(C(=O)c3ccc4c(c3)CCO4)CC2)C1=O)Nc1nnc2n1CCS2. The van der Waals surface area contributed by atoms with Crippen molar-refractivity contribution in [1.82, 2.24) is 24.6 Å². The third kappa shape index (κ3) is 4.31. The average molecular weight is 497 g/mol.